The van der Waals surface area contributed by atoms with Crippen LogP contribution in [0.3, 0.4) is 0 Å². The van der Waals surface area contributed by atoms with Gasteiger partial charge in [-0.3, -0.25) is 0 Å². The van der Waals surface area contributed by atoms with E-state index in [0.29, 0.717) is 8.78 Å². The van der Waals surface area contributed by atoms with Crippen molar-refractivity contribution in [3.8, 4) is 0 Å². The van der Waals surface area contributed by atoms with Gasteiger partial charge in [0.15, 0.2) is 0 Å². The maximum Gasteiger partial charge on any atom is 0.252 e. The van der Waals surface area contributed by atoms with Crippen molar-refractivity contribution in [3.63, 3.8) is 0 Å². The average Bonchev–Trinajstić information content (AvgIpc) is 2.25. The van der Waals surface area contributed by atoms with Gasteiger partial charge in [-0.1, -0.05) is 55.1 Å². The van der Waals surface area contributed by atoms with Crippen molar-refractivity contribution in [2.45, 2.75) is 11.3 Å². The maximum atomic E-state index is 12.5. The summed E-state index contributed by atoms with van der Waals surface area (Å²) in [6.45, 7) is -1.04. The molecule has 0 N–H and O–H groups in total. The van der Waals surface area contributed by atoms with Gasteiger partial charge in [0.25, 0.3) is 6.43 Å². The number of nitrogens with zero attached hydrogens (tertiary/aromatic N) is 1. The van der Waals surface area contributed by atoms with Gasteiger partial charge in [-0.2, -0.15) is 4.31 Å². The number of rotatable bonds is 6. The molecule has 0 saturated heterocycles. The molecule has 1 rings (SSSR count). The van der Waals surface area contributed by atoms with Crippen LogP contribution >= 0.6 is 55.1 Å². The van der Waals surface area contributed by atoms with E-state index >= 15 is 0 Å². The molecule has 0 aliphatic rings. The molecule has 0 aliphatic heterocycles. The Morgan fingerprint density at radius 1 is 1.25 bits per heavy atom. The van der Waals surface area contributed by atoms with E-state index in [4.69, 9.17) is 23.2 Å². The van der Waals surface area contributed by atoms with Crippen LogP contribution < -0.4 is 0 Å². The Balaban J connectivity index is 3.33. The van der Waals surface area contributed by atoms with Crippen molar-refractivity contribution < 1.29 is 17.2 Å². The van der Waals surface area contributed by atoms with Gasteiger partial charge in [0, 0.05) is 16.3 Å². The second-order valence-corrected chi connectivity index (χ2v) is 8.04. The van der Waals surface area contributed by atoms with Gasteiger partial charge in [-0.05, 0) is 12.1 Å². The summed E-state index contributed by atoms with van der Waals surface area (Å²) in [5.74, 6) is 0. The first-order chi connectivity index (χ1) is 9.20. The van der Waals surface area contributed by atoms with Crippen molar-refractivity contribution in [3.05, 3.63) is 26.7 Å². The van der Waals surface area contributed by atoms with Gasteiger partial charge < -0.3 is 0 Å². The lowest BCUT2D eigenvalue weighted by molar-refractivity contribution is 0.121. The minimum atomic E-state index is -4.20. The minimum absolute atomic E-state index is 0.116. The molecular formula is C10H9Br2Cl2F2NO2S. The molecule has 1 aromatic carbocycles. The van der Waals surface area contributed by atoms with Gasteiger partial charge in [0.05, 0.1) is 16.6 Å². The molecule has 0 aliphatic carbocycles. The molecule has 0 saturated carbocycles. The number of hydrogen-bond donors (Lipinski definition) is 0. The molecule has 0 atom stereocenters. The van der Waals surface area contributed by atoms with Crippen LogP contribution in [0.5, 0.6) is 0 Å². The normalized spacial score (nSPS) is 12.4. The monoisotopic (exact) mass is 473 g/mol. The summed E-state index contributed by atoms with van der Waals surface area (Å²) in [4.78, 5) is -0.370. The molecular weight excluding hydrogens is 467 g/mol. The second kappa shape index (κ2) is 7.69. The lowest BCUT2D eigenvalue weighted by Gasteiger charge is -2.22. The van der Waals surface area contributed by atoms with E-state index in [9.17, 15) is 17.2 Å². The Morgan fingerprint density at radius 3 is 2.15 bits per heavy atom. The van der Waals surface area contributed by atoms with Crippen LogP contribution in [0.15, 0.2) is 21.5 Å². The topological polar surface area (TPSA) is 37.4 Å². The lowest BCUT2D eigenvalue weighted by atomic mass is 10.4. The third-order valence-corrected chi connectivity index (χ3v) is 5.84. The standard InChI is InChI=1S/C10H9Br2Cl2F2NO2S/c11-1-2-17(5-9(15)16)20(18,19)10-7(13)3-6(12)4-8(10)14/h3-4,9H,1-2,5H2. The van der Waals surface area contributed by atoms with Crippen LogP contribution in [-0.2, 0) is 10.0 Å². The number of hydrogen-bond acceptors (Lipinski definition) is 2. The number of halogens is 6. The fraction of sp³-hybridized carbons (Fsp3) is 0.400. The molecule has 0 unspecified atom stereocenters. The minimum Gasteiger partial charge on any atom is -0.209 e. The molecule has 1 aromatic rings. The highest BCUT2D eigenvalue weighted by atomic mass is 79.9. The summed E-state index contributed by atoms with van der Waals surface area (Å²) in [5.41, 5.74) is 0. The lowest BCUT2D eigenvalue weighted by Crippen LogP contribution is -2.36. The van der Waals surface area contributed by atoms with E-state index in [1.165, 1.54) is 12.1 Å². The van der Waals surface area contributed by atoms with Crippen LogP contribution in [0.1, 0.15) is 0 Å². The van der Waals surface area contributed by atoms with E-state index in [1.54, 1.807) is 0 Å². The van der Waals surface area contributed by atoms with Crippen LogP contribution in [0.25, 0.3) is 0 Å². The predicted molar refractivity (Wildman–Crippen MR) is 82.7 cm³/mol. The zero-order valence-corrected chi connectivity index (χ0v) is 15.3. The third kappa shape index (κ3) is 4.51. The first-order valence-electron chi connectivity index (χ1n) is 5.19. The fourth-order valence-corrected chi connectivity index (χ4v) is 5.43. The molecule has 0 spiro atoms. The Hall–Kier alpha value is 0.530. The Morgan fingerprint density at radius 2 is 1.75 bits per heavy atom. The molecule has 114 valence electrons. The third-order valence-electron chi connectivity index (χ3n) is 2.24. The molecule has 10 heteroatoms. The van der Waals surface area contributed by atoms with Gasteiger partial charge in [-0.15, -0.1) is 0 Å². The van der Waals surface area contributed by atoms with Crippen molar-refractivity contribution in [2.24, 2.45) is 0 Å². The number of sulfonamides is 1. The van der Waals surface area contributed by atoms with Crippen molar-refractivity contribution in [2.75, 3.05) is 18.4 Å². The summed E-state index contributed by atoms with van der Waals surface area (Å²) >= 11 is 17.9. The highest BCUT2D eigenvalue weighted by molar-refractivity contribution is 9.10. The quantitative estimate of drug-likeness (QED) is 0.572. The Bertz CT molecular complexity index is 564. The summed E-state index contributed by atoms with van der Waals surface area (Å²) in [7, 11) is -4.20. The predicted octanol–water partition coefficient (Wildman–Crippen LogP) is 4.41. The average molecular weight is 476 g/mol. The molecule has 0 radical (unpaired) electrons. The fourth-order valence-electron chi connectivity index (χ4n) is 1.46. The van der Waals surface area contributed by atoms with E-state index < -0.39 is 23.0 Å². The zero-order valence-electron chi connectivity index (χ0n) is 9.79. The van der Waals surface area contributed by atoms with Crippen LogP contribution in [0, 0.1) is 0 Å². The molecule has 20 heavy (non-hydrogen) atoms. The Kier molecular flexibility index (Phi) is 7.14. The number of benzene rings is 1. The van der Waals surface area contributed by atoms with E-state index in [2.05, 4.69) is 31.9 Å². The molecule has 0 amide bonds. The maximum absolute atomic E-state index is 12.5. The van der Waals surface area contributed by atoms with Gasteiger partial charge in [-0.25, -0.2) is 17.2 Å². The van der Waals surface area contributed by atoms with Gasteiger partial charge in [0.2, 0.25) is 10.0 Å². The zero-order chi connectivity index (χ0) is 15.5. The first kappa shape index (κ1) is 18.6. The summed E-state index contributed by atoms with van der Waals surface area (Å²) in [6, 6.07) is 2.68. The summed E-state index contributed by atoms with van der Waals surface area (Å²) in [6.07, 6.45) is -2.79. The molecule has 0 aromatic heterocycles. The first-order valence-corrected chi connectivity index (χ1v) is 9.30. The second-order valence-electron chi connectivity index (χ2n) is 3.64. The van der Waals surface area contributed by atoms with Gasteiger partial charge >= 0.3 is 0 Å². The highest BCUT2D eigenvalue weighted by Gasteiger charge is 2.31. The summed E-state index contributed by atoms with van der Waals surface area (Å²) in [5, 5.41) is -0.0403. The molecule has 0 bridgehead atoms. The largest absolute Gasteiger partial charge is 0.252 e. The van der Waals surface area contributed by atoms with Crippen molar-refractivity contribution in [1.29, 1.82) is 0 Å². The smallest absolute Gasteiger partial charge is 0.209 e. The van der Waals surface area contributed by atoms with Crippen molar-refractivity contribution in [1.82, 2.24) is 4.31 Å². The highest BCUT2D eigenvalue weighted by Crippen LogP contribution is 2.34. The summed E-state index contributed by atoms with van der Waals surface area (Å²) < 4.78 is 51.0. The van der Waals surface area contributed by atoms with Crippen LogP contribution in [0.2, 0.25) is 10.0 Å². The van der Waals surface area contributed by atoms with E-state index in [-0.39, 0.29) is 26.8 Å². The van der Waals surface area contributed by atoms with E-state index in [1.807, 2.05) is 0 Å². The van der Waals surface area contributed by atoms with E-state index in [0.717, 1.165) is 0 Å². The number of alkyl halides is 3. The van der Waals surface area contributed by atoms with Crippen molar-refractivity contribution >= 4 is 65.1 Å². The Labute approximate surface area is 142 Å². The van der Waals surface area contributed by atoms with Gasteiger partial charge in [0.1, 0.15) is 4.90 Å². The molecule has 3 nitrogen and oxygen atoms in total. The molecule has 0 heterocycles. The van der Waals surface area contributed by atoms with Crippen LogP contribution in [0.4, 0.5) is 8.78 Å². The van der Waals surface area contributed by atoms with Crippen LogP contribution in [-0.4, -0.2) is 37.6 Å². The SMILES string of the molecule is O=S(=O)(c1c(Cl)cc(Br)cc1Cl)N(CCBr)CC(F)F. The molecule has 0 fully saturated rings.